The van der Waals surface area contributed by atoms with Crippen molar-refractivity contribution in [3.63, 3.8) is 0 Å². The molecule has 2 aromatic carbocycles. The van der Waals surface area contributed by atoms with Gasteiger partial charge in [0, 0.05) is 0 Å². The molecule has 0 radical (unpaired) electrons. The summed E-state index contributed by atoms with van der Waals surface area (Å²) in [5, 5.41) is 0. The lowest BCUT2D eigenvalue weighted by atomic mass is 10.1. The molecule has 0 aromatic heterocycles. The van der Waals surface area contributed by atoms with Gasteiger partial charge in [-0.15, -0.1) is 4.48 Å². The van der Waals surface area contributed by atoms with E-state index in [1.165, 1.54) is 0 Å². The van der Waals surface area contributed by atoms with Crippen LogP contribution in [-0.2, 0) is 0 Å². The average molecular weight is 217 g/mol. The smallest absolute Gasteiger partial charge is 0.119 e. The summed E-state index contributed by atoms with van der Waals surface area (Å²) >= 11 is 0. The van der Waals surface area contributed by atoms with Crippen molar-refractivity contribution in [1.82, 2.24) is 0 Å². The van der Waals surface area contributed by atoms with Gasteiger partial charge in [-0.25, -0.2) is 5.54 Å². The first-order valence-corrected chi connectivity index (χ1v) is 4.94. The Morgan fingerprint density at radius 2 is 1.75 bits per heavy atom. The predicted octanol–water partition coefficient (Wildman–Crippen LogP) is 3.66. The Hall–Kier alpha value is -2.03. The molecular formula is C13H12FNO. The van der Waals surface area contributed by atoms with Crippen LogP contribution in [0.25, 0.3) is 11.1 Å². The quantitative estimate of drug-likeness (QED) is 0.792. The van der Waals surface area contributed by atoms with E-state index < -0.39 is 0 Å². The molecule has 0 saturated heterocycles. The van der Waals surface area contributed by atoms with Crippen molar-refractivity contribution in [2.45, 2.75) is 0 Å². The van der Waals surface area contributed by atoms with Crippen molar-refractivity contribution in [3.05, 3.63) is 48.5 Å². The Kier molecular flexibility index (Phi) is 3.05. The molecule has 0 fully saturated rings. The molecule has 2 aromatic rings. The Morgan fingerprint density at radius 3 is 2.38 bits per heavy atom. The third-order valence-corrected chi connectivity index (χ3v) is 2.40. The second-order valence-corrected chi connectivity index (χ2v) is 3.40. The number of nitrogens with one attached hydrogen (secondary N) is 1. The molecule has 0 saturated carbocycles. The van der Waals surface area contributed by atoms with Gasteiger partial charge in [0.05, 0.1) is 12.8 Å². The molecule has 0 aliphatic heterocycles. The van der Waals surface area contributed by atoms with Gasteiger partial charge in [-0.05, 0) is 35.4 Å². The Bertz CT molecular complexity index is 468. The predicted molar refractivity (Wildman–Crippen MR) is 63.2 cm³/mol. The summed E-state index contributed by atoms with van der Waals surface area (Å²) < 4.78 is 17.3. The van der Waals surface area contributed by atoms with Crippen LogP contribution in [0.5, 0.6) is 5.75 Å². The fourth-order valence-electron chi connectivity index (χ4n) is 1.53. The van der Waals surface area contributed by atoms with E-state index in [0.29, 0.717) is 5.69 Å². The van der Waals surface area contributed by atoms with E-state index in [2.05, 4.69) is 0 Å². The number of rotatable bonds is 3. The van der Waals surface area contributed by atoms with Gasteiger partial charge in [-0.2, -0.15) is 0 Å². The molecule has 1 N–H and O–H groups in total. The fraction of sp³-hybridized carbons (Fsp3) is 0.0769. The van der Waals surface area contributed by atoms with Crippen LogP contribution in [0.4, 0.5) is 10.2 Å². The lowest BCUT2D eigenvalue weighted by Crippen LogP contribution is -1.84. The maximum Gasteiger partial charge on any atom is 0.119 e. The summed E-state index contributed by atoms with van der Waals surface area (Å²) in [6.45, 7) is 0. The molecule has 2 nitrogen and oxygen atoms in total. The molecule has 0 bridgehead atoms. The van der Waals surface area contributed by atoms with Gasteiger partial charge in [-0.3, -0.25) is 0 Å². The standard InChI is InChI=1S/C13H12FNO/c1-16-13-4-2-3-11(9-13)10-5-7-12(15-14)8-6-10/h2-9,15H,1H3. The molecule has 0 aliphatic rings. The molecule has 16 heavy (non-hydrogen) atoms. The molecule has 2 rings (SSSR count). The highest BCUT2D eigenvalue weighted by atomic mass is 19.2. The highest BCUT2D eigenvalue weighted by molar-refractivity contribution is 5.67. The topological polar surface area (TPSA) is 21.3 Å². The van der Waals surface area contributed by atoms with Crippen LogP contribution in [0.2, 0.25) is 0 Å². The number of anilines is 1. The Balaban J connectivity index is 2.34. The van der Waals surface area contributed by atoms with Gasteiger partial charge in [-0.1, -0.05) is 24.3 Å². The van der Waals surface area contributed by atoms with E-state index in [1.807, 2.05) is 36.4 Å². The maximum absolute atomic E-state index is 12.1. The molecule has 0 atom stereocenters. The third kappa shape index (κ3) is 2.14. The second-order valence-electron chi connectivity index (χ2n) is 3.40. The van der Waals surface area contributed by atoms with Crippen molar-refractivity contribution in [2.75, 3.05) is 12.6 Å². The SMILES string of the molecule is COc1cccc(-c2ccc(NF)cc2)c1. The molecule has 3 heteroatoms. The van der Waals surface area contributed by atoms with Crippen LogP contribution in [0.15, 0.2) is 48.5 Å². The minimum absolute atomic E-state index is 0.451. The number of halogens is 1. The Morgan fingerprint density at radius 1 is 1.00 bits per heavy atom. The van der Waals surface area contributed by atoms with Crippen LogP contribution in [0.3, 0.4) is 0 Å². The fourth-order valence-corrected chi connectivity index (χ4v) is 1.53. The number of ether oxygens (including phenoxy) is 1. The summed E-state index contributed by atoms with van der Waals surface area (Å²) in [7, 11) is 1.63. The molecule has 0 aliphatic carbocycles. The van der Waals surface area contributed by atoms with Crippen molar-refractivity contribution >= 4 is 5.69 Å². The van der Waals surface area contributed by atoms with Crippen LogP contribution >= 0.6 is 0 Å². The number of hydrogen-bond donors (Lipinski definition) is 1. The normalized spacial score (nSPS) is 9.88. The van der Waals surface area contributed by atoms with Crippen LogP contribution in [0, 0.1) is 0 Å². The van der Waals surface area contributed by atoms with Crippen LogP contribution < -0.4 is 10.3 Å². The zero-order valence-corrected chi connectivity index (χ0v) is 8.91. The van der Waals surface area contributed by atoms with Gasteiger partial charge in [0.1, 0.15) is 5.75 Å². The monoisotopic (exact) mass is 217 g/mol. The first-order valence-electron chi connectivity index (χ1n) is 4.94. The van der Waals surface area contributed by atoms with Gasteiger partial charge in [0.15, 0.2) is 0 Å². The minimum atomic E-state index is 0.451. The molecule has 0 amide bonds. The number of hydrogen-bond acceptors (Lipinski definition) is 2. The van der Waals surface area contributed by atoms with Gasteiger partial charge in [0.25, 0.3) is 0 Å². The van der Waals surface area contributed by atoms with E-state index in [0.717, 1.165) is 16.9 Å². The zero-order valence-electron chi connectivity index (χ0n) is 8.91. The van der Waals surface area contributed by atoms with Crippen molar-refractivity contribution < 1.29 is 9.22 Å². The van der Waals surface area contributed by atoms with Gasteiger partial charge >= 0.3 is 0 Å². The average Bonchev–Trinajstić information content (AvgIpc) is 2.39. The number of methoxy groups -OCH3 is 1. The maximum atomic E-state index is 12.1. The Labute approximate surface area is 93.6 Å². The van der Waals surface area contributed by atoms with E-state index >= 15 is 0 Å². The highest BCUT2D eigenvalue weighted by Crippen LogP contribution is 2.24. The highest BCUT2D eigenvalue weighted by Gasteiger charge is 1.99. The van der Waals surface area contributed by atoms with Gasteiger partial charge < -0.3 is 4.74 Å². The zero-order chi connectivity index (χ0) is 11.4. The van der Waals surface area contributed by atoms with E-state index in [9.17, 15) is 4.48 Å². The minimum Gasteiger partial charge on any atom is -0.497 e. The van der Waals surface area contributed by atoms with Crippen LogP contribution in [-0.4, -0.2) is 7.11 Å². The second kappa shape index (κ2) is 4.66. The van der Waals surface area contributed by atoms with Crippen molar-refractivity contribution in [3.8, 4) is 16.9 Å². The summed E-state index contributed by atoms with van der Waals surface area (Å²) in [5.41, 5.74) is 4.13. The van der Waals surface area contributed by atoms with E-state index in [1.54, 1.807) is 24.8 Å². The van der Waals surface area contributed by atoms with Crippen molar-refractivity contribution in [1.29, 1.82) is 0 Å². The summed E-state index contributed by atoms with van der Waals surface area (Å²) in [6, 6.07) is 14.8. The summed E-state index contributed by atoms with van der Waals surface area (Å²) in [4.78, 5) is 0. The summed E-state index contributed by atoms with van der Waals surface area (Å²) in [5.74, 6) is 0.810. The first kappa shape index (κ1) is 10.5. The molecule has 0 spiro atoms. The molecule has 0 heterocycles. The molecular weight excluding hydrogens is 205 g/mol. The van der Waals surface area contributed by atoms with Gasteiger partial charge in [0.2, 0.25) is 0 Å². The molecule has 0 unspecified atom stereocenters. The van der Waals surface area contributed by atoms with E-state index in [-0.39, 0.29) is 0 Å². The lowest BCUT2D eigenvalue weighted by molar-refractivity contribution is 0.415. The lowest BCUT2D eigenvalue weighted by Gasteiger charge is -2.05. The van der Waals surface area contributed by atoms with E-state index in [4.69, 9.17) is 4.74 Å². The third-order valence-electron chi connectivity index (χ3n) is 2.40. The number of benzene rings is 2. The largest absolute Gasteiger partial charge is 0.497 e. The molecule has 82 valence electrons. The summed E-state index contributed by atoms with van der Waals surface area (Å²) in [6.07, 6.45) is 0. The van der Waals surface area contributed by atoms with Crippen LogP contribution in [0.1, 0.15) is 0 Å². The van der Waals surface area contributed by atoms with Crippen molar-refractivity contribution in [2.24, 2.45) is 0 Å². The first-order chi connectivity index (χ1) is 7.83.